The molecule has 158 valence electrons. The average Bonchev–Trinajstić information content (AvgIpc) is 3.20. The van der Waals surface area contributed by atoms with Crippen LogP contribution in [-0.2, 0) is 0 Å². The van der Waals surface area contributed by atoms with Gasteiger partial charge in [-0.15, -0.1) is 0 Å². The van der Waals surface area contributed by atoms with Gasteiger partial charge >= 0.3 is 5.97 Å². The summed E-state index contributed by atoms with van der Waals surface area (Å²) in [5.41, 5.74) is -4.15. The summed E-state index contributed by atoms with van der Waals surface area (Å²) >= 11 is 0.306. The minimum Gasteiger partial charge on any atom is -0.497 e. The van der Waals surface area contributed by atoms with Crippen LogP contribution in [0, 0.1) is 34.6 Å². The van der Waals surface area contributed by atoms with Gasteiger partial charge in [-0.05, 0) is 17.7 Å². The standard InChI is InChI=1S/C19H9F4N3O4S/c1-30-8-4-2-3-7(5-8)10-11(20)13(22)15(14(23)12(10)21)26-18(27)16-17(19(28)29)31-9(6-24)25-16/h2-5H,1H3,(H,26,27)(H,28,29)/i1D3. The first-order chi connectivity index (χ1) is 15.8. The molecule has 7 nitrogen and oxygen atoms in total. The fourth-order valence-corrected chi connectivity index (χ4v) is 3.25. The molecule has 0 saturated heterocycles. The number of carboxylic acid groups (broad SMARTS) is 1. The summed E-state index contributed by atoms with van der Waals surface area (Å²) in [4.78, 5) is 26.3. The zero-order chi connectivity index (χ0) is 25.4. The quantitative estimate of drug-likeness (QED) is 0.442. The Hall–Kier alpha value is -3.98. The van der Waals surface area contributed by atoms with Crippen LogP contribution in [0.25, 0.3) is 11.1 Å². The lowest BCUT2D eigenvalue weighted by Crippen LogP contribution is -2.19. The van der Waals surface area contributed by atoms with Crippen LogP contribution < -0.4 is 10.1 Å². The van der Waals surface area contributed by atoms with Crippen LogP contribution in [0.5, 0.6) is 5.75 Å². The summed E-state index contributed by atoms with van der Waals surface area (Å²) in [7, 11) is -2.91. The molecule has 0 aliphatic heterocycles. The van der Waals surface area contributed by atoms with Crippen molar-refractivity contribution >= 4 is 28.9 Å². The Balaban J connectivity index is 2.05. The first-order valence-electron chi connectivity index (χ1n) is 9.45. The molecule has 1 heterocycles. The van der Waals surface area contributed by atoms with Crippen molar-refractivity contribution in [2.75, 3.05) is 12.4 Å². The maximum absolute atomic E-state index is 14.7. The number of carbonyl (C=O) groups excluding carboxylic acids is 1. The van der Waals surface area contributed by atoms with E-state index in [0.717, 1.165) is 24.3 Å². The van der Waals surface area contributed by atoms with E-state index in [0.29, 0.717) is 11.3 Å². The second kappa shape index (κ2) is 8.41. The number of nitrogens with zero attached hydrogens (tertiary/aromatic N) is 2. The summed E-state index contributed by atoms with van der Waals surface area (Å²) in [6.07, 6.45) is 0. The van der Waals surface area contributed by atoms with Crippen LogP contribution in [0.1, 0.15) is 29.3 Å². The number of ether oxygens (including phenoxy) is 1. The van der Waals surface area contributed by atoms with Gasteiger partial charge in [-0.25, -0.2) is 27.3 Å². The number of nitriles is 1. The van der Waals surface area contributed by atoms with E-state index in [1.165, 1.54) is 11.4 Å². The molecule has 0 radical (unpaired) electrons. The first-order valence-corrected chi connectivity index (χ1v) is 8.76. The number of carboxylic acids is 1. The second-order valence-electron chi connectivity index (χ2n) is 5.70. The van der Waals surface area contributed by atoms with Crippen molar-refractivity contribution < 1.29 is 41.1 Å². The van der Waals surface area contributed by atoms with E-state index >= 15 is 0 Å². The number of halogens is 4. The molecule has 3 aromatic rings. The van der Waals surface area contributed by atoms with Gasteiger partial charge in [0.25, 0.3) is 5.91 Å². The van der Waals surface area contributed by atoms with Crippen molar-refractivity contribution in [3.05, 3.63) is 63.1 Å². The number of thiazole rings is 1. The minimum atomic E-state index is -2.91. The molecule has 1 amide bonds. The molecule has 2 N–H and O–H groups in total. The number of anilines is 1. The van der Waals surface area contributed by atoms with Gasteiger partial charge < -0.3 is 15.2 Å². The van der Waals surface area contributed by atoms with Gasteiger partial charge in [0, 0.05) is 0 Å². The maximum atomic E-state index is 14.7. The minimum absolute atomic E-state index is 0.306. The number of nitrogens with one attached hydrogen (secondary N) is 1. The molecule has 12 heteroatoms. The van der Waals surface area contributed by atoms with Crippen molar-refractivity contribution in [1.82, 2.24) is 4.98 Å². The predicted molar refractivity (Wildman–Crippen MR) is 100 cm³/mol. The topological polar surface area (TPSA) is 112 Å². The molecule has 0 atom stereocenters. The second-order valence-corrected chi connectivity index (χ2v) is 6.70. The molecule has 0 aliphatic rings. The normalized spacial score (nSPS) is 12.3. The van der Waals surface area contributed by atoms with Gasteiger partial charge in [0.2, 0.25) is 0 Å². The number of hydrogen-bond acceptors (Lipinski definition) is 6. The molecule has 31 heavy (non-hydrogen) atoms. The number of methoxy groups -OCH3 is 1. The van der Waals surface area contributed by atoms with Crippen molar-refractivity contribution in [3.63, 3.8) is 0 Å². The molecule has 0 unspecified atom stereocenters. The van der Waals surface area contributed by atoms with Gasteiger partial charge in [0.1, 0.15) is 22.4 Å². The van der Waals surface area contributed by atoms with Crippen LogP contribution in [-0.4, -0.2) is 29.0 Å². The lowest BCUT2D eigenvalue weighted by molar-refractivity contribution is 0.0697. The Morgan fingerprint density at radius 3 is 2.48 bits per heavy atom. The summed E-state index contributed by atoms with van der Waals surface area (Å²) in [6, 6.07) is 5.63. The maximum Gasteiger partial charge on any atom is 0.348 e. The van der Waals surface area contributed by atoms with E-state index in [4.69, 9.17) is 14.5 Å². The highest BCUT2D eigenvalue weighted by Crippen LogP contribution is 2.36. The van der Waals surface area contributed by atoms with Crippen LogP contribution >= 0.6 is 11.3 Å². The van der Waals surface area contributed by atoms with E-state index in [1.54, 1.807) is 0 Å². The SMILES string of the molecule is [2H]C([2H])([2H])Oc1cccc(-c2c(F)c(F)c(NC(=O)c3nc(C#N)sc3C(=O)O)c(F)c2F)c1. The fraction of sp³-hybridized carbons (Fsp3) is 0.0526. The van der Waals surface area contributed by atoms with E-state index in [1.807, 2.05) is 0 Å². The van der Waals surface area contributed by atoms with Gasteiger partial charge in [0.05, 0.1) is 16.7 Å². The third kappa shape index (κ3) is 3.90. The van der Waals surface area contributed by atoms with E-state index in [2.05, 4.69) is 9.72 Å². The molecule has 0 saturated carbocycles. The molecule has 2 aromatic carbocycles. The van der Waals surface area contributed by atoms with E-state index in [-0.39, 0.29) is 5.75 Å². The van der Waals surface area contributed by atoms with Crippen molar-refractivity contribution in [2.45, 2.75) is 0 Å². The third-order valence-electron chi connectivity index (χ3n) is 3.87. The fourth-order valence-electron chi connectivity index (χ4n) is 2.55. The zero-order valence-corrected chi connectivity index (χ0v) is 15.6. The van der Waals surface area contributed by atoms with Gasteiger partial charge in [-0.1, -0.05) is 23.5 Å². The number of aromatic nitrogens is 1. The van der Waals surface area contributed by atoms with Gasteiger partial charge in [-0.2, -0.15) is 5.26 Å². The molecule has 1 aromatic heterocycles. The number of hydrogen-bond donors (Lipinski definition) is 2. The average molecular weight is 454 g/mol. The summed E-state index contributed by atoms with van der Waals surface area (Å²) < 4.78 is 84.6. The Kier molecular flexibility index (Phi) is 4.84. The lowest BCUT2D eigenvalue weighted by atomic mass is 10.0. The smallest absolute Gasteiger partial charge is 0.348 e. The molecule has 0 fully saturated rings. The molecule has 0 bridgehead atoms. The third-order valence-corrected chi connectivity index (χ3v) is 4.82. The molecular weight excluding hydrogens is 442 g/mol. The zero-order valence-electron chi connectivity index (χ0n) is 17.8. The largest absolute Gasteiger partial charge is 0.497 e. The van der Waals surface area contributed by atoms with E-state index in [9.17, 15) is 27.2 Å². The molecule has 3 rings (SSSR count). The monoisotopic (exact) mass is 454 g/mol. The number of benzene rings is 2. The van der Waals surface area contributed by atoms with Crippen LogP contribution in [0.4, 0.5) is 23.2 Å². The first kappa shape index (κ1) is 17.8. The van der Waals surface area contributed by atoms with Crippen molar-refractivity contribution in [1.29, 1.82) is 5.26 Å². The number of aromatic carboxylic acids is 1. The van der Waals surface area contributed by atoms with Crippen molar-refractivity contribution in [3.8, 4) is 22.9 Å². The number of rotatable bonds is 5. The number of amides is 1. The highest BCUT2D eigenvalue weighted by molar-refractivity contribution is 7.14. The van der Waals surface area contributed by atoms with Crippen LogP contribution in [0.15, 0.2) is 24.3 Å². The van der Waals surface area contributed by atoms with Gasteiger partial charge in [0.15, 0.2) is 34.0 Å². The highest BCUT2D eigenvalue weighted by atomic mass is 32.1. The van der Waals surface area contributed by atoms with Crippen LogP contribution in [0.2, 0.25) is 0 Å². The molecular formula is C19H9F4N3O4S. The van der Waals surface area contributed by atoms with Crippen LogP contribution in [0.3, 0.4) is 0 Å². The molecule has 0 aliphatic carbocycles. The number of carbonyl (C=O) groups is 2. The Morgan fingerprint density at radius 1 is 1.23 bits per heavy atom. The summed E-state index contributed by atoms with van der Waals surface area (Å²) in [6.45, 7) is 0. The van der Waals surface area contributed by atoms with Gasteiger partial charge in [-0.3, -0.25) is 4.79 Å². The Labute approximate surface area is 179 Å². The van der Waals surface area contributed by atoms with Crippen molar-refractivity contribution in [2.24, 2.45) is 0 Å². The Bertz CT molecular complexity index is 1340. The summed E-state index contributed by atoms with van der Waals surface area (Å²) in [5, 5.41) is 19.0. The van der Waals surface area contributed by atoms with E-state index < -0.39 is 74.6 Å². The highest BCUT2D eigenvalue weighted by Gasteiger charge is 2.30. The summed E-state index contributed by atoms with van der Waals surface area (Å²) in [5.74, 6) is -11.5. The Morgan fingerprint density at radius 2 is 1.90 bits per heavy atom. The lowest BCUT2D eigenvalue weighted by Gasteiger charge is -2.13. The predicted octanol–water partition coefficient (Wildman–Crippen LogP) is 4.20. The molecule has 0 spiro atoms.